The number of hydrogen-bond donors (Lipinski definition) is 2. The number of aliphatic imine (C=N–C) groups is 1. The van der Waals surface area contributed by atoms with Crippen molar-refractivity contribution in [2.24, 2.45) is 4.99 Å². The van der Waals surface area contributed by atoms with Crippen molar-refractivity contribution in [1.29, 1.82) is 0 Å². The van der Waals surface area contributed by atoms with Gasteiger partial charge in [-0.05, 0) is 37.1 Å². The van der Waals surface area contributed by atoms with Crippen molar-refractivity contribution in [1.82, 2.24) is 5.32 Å². The van der Waals surface area contributed by atoms with E-state index in [4.69, 9.17) is 4.99 Å². The Labute approximate surface area is 181 Å². The summed E-state index contributed by atoms with van der Waals surface area (Å²) in [4.78, 5) is 32.2. The minimum Gasteiger partial charge on any atom is -0.311 e. The Morgan fingerprint density at radius 1 is 0.935 bits per heavy atom. The van der Waals surface area contributed by atoms with Crippen LogP contribution in [0, 0.1) is 13.8 Å². The molecule has 2 N–H and O–H groups in total. The lowest BCUT2D eigenvalue weighted by molar-refractivity contribution is -0.119. The number of fused-ring (bicyclic) bond motifs is 1. The van der Waals surface area contributed by atoms with E-state index in [0.717, 1.165) is 27.9 Å². The average Bonchev–Trinajstić information content (AvgIpc) is 2.88. The van der Waals surface area contributed by atoms with Crippen LogP contribution in [0.2, 0.25) is 0 Å². The van der Waals surface area contributed by atoms with Gasteiger partial charge in [0, 0.05) is 23.9 Å². The van der Waals surface area contributed by atoms with Gasteiger partial charge in [0.2, 0.25) is 6.17 Å². The first-order valence-corrected chi connectivity index (χ1v) is 10.1. The summed E-state index contributed by atoms with van der Waals surface area (Å²) in [6, 6.07) is 22.5. The highest BCUT2D eigenvalue weighted by Crippen LogP contribution is 2.27. The predicted molar refractivity (Wildman–Crippen MR) is 124 cm³/mol. The molecular formula is C25H24N4O2. The lowest BCUT2D eigenvalue weighted by Gasteiger charge is -2.21. The van der Waals surface area contributed by atoms with E-state index in [1.165, 1.54) is 4.90 Å². The Kier molecular flexibility index (Phi) is 5.54. The van der Waals surface area contributed by atoms with Crippen LogP contribution in [0.5, 0.6) is 0 Å². The number of amides is 3. The van der Waals surface area contributed by atoms with Gasteiger partial charge in [0.15, 0.2) is 0 Å². The number of carbonyl (C=O) groups excluding carboxylic acids is 2. The molecule has 0 unspecified atom stereocenters. The molecule has 156 valence electrons. The number of anilines is 2. The smallest absolute Gasteiger partial charge is 0.311 e. The second-order valence-electron chi connectivity index (χ2n) is 7.51. The van der Waals surface area contributed by atoms with Crippen LogP contribution in [0.25, 0.3) is 0 Å². The molecule has 4 rings (SSSR count). The molecule has 3 aromatic carbocycles. The monoisotopic (exact) mass is 412 g/mol. The third kappa shape index (κ3) is 4.05. The van der Waals surface area contributed by atoms with E-state index >= 15 is 0 Å². The van der Waals surface area contributed by atoms with Crippen LogP contribution in [0.15, 0.2) is 77.8 Å². The second kappa shape index (κ2) is 8.44. The highest BCUT2D eigenvalue weighted by atomic mass is 16.2. The van der Waals surface area contributed by atoms with Crippen LogP contribution in [0.1, 0.15) is 22.3 Å². The van der Waals surface area contributed by atoms with Gasteiger partial charge in [-0.3, -0.25) is 4.79 Å². The molecule has 31 heavy (non-hydrogen) atoms. The molecule has 0 radical (unpaired) electrons. The molecule has 1 aliphatic rings. The number of para-hydroxylation sites is 1. The number of benzodiazepines with no additional fused rings is 1. The van der Waals surface area contributed by atoms with E-state index in [-0.39, 0.29) is 5.91 Å². The van der Waals surface area contributed by atoms with Crippen molar-refractivity contribution >= 4 is 29.0 Å². The topological polar surface area (TPSA) is 73.8 Å². The average molecular weight is 412 g/mol. The molecule has 1 aliphatic heterocycles. The highest BCUT2D eigenvalue weighted by Gasteiger charge is 2.31. The molecule has 0 fully saturated rings. The van der Waals surface area contributed by atoms with Gasteiger partial charge in [-0.15, -0.1) is 0 Å². The van der Waals surface area contributed by atoms with Crippen LogP contribution in [-0.4, -0.2) is 30.9 Å². The summed E-state index contributed by atoms with van der Waals surface area (Å²) in [5.74, 6) is -0.311. The van der Waals surface area contributed by atoms with Gasteiger partial charge >= 0.3 is 6.03 Å². The maximum absolute atomic E-state index is 13.2. The molecule has 0 saturated heterocycles. The van der Waals surface area contributed by atoms with E-state index in [1.54, 1.807) is 7.05 Å². The summed E-state index contributed by atoms with van der Waals surface area (Å²) >= 11 is 0. The zero-order valence-electron chi connectivity index (χ0n) is 17.7. The number of carbonyl (C=O) groups is 2. The normalized spacial score (nSPS) is 15.6. The molecule has 1 heterocycles. The summed E-state index contributed by atoms with van der Waals surface area (Å²) in [6.07, 6.45) is -1.06. The van der Waals surface area contributed by atoms with E-state index in [0.29, 0.717) is 11.4 Å². The van der Waals surface area contributed by atoms with Crippen LogP contribution in [0.4, 0.5) is 16.2 Å². The number of rotatable bonds is 3. The van der Waals surface area contributed by atoms with Crippen molar-refractivity contribution in [3.05, 3.63) is 95.1 Å². The molecule has 0 spiro atoms. The number of benzene rings is 3. The summed E-state index contributed by atoms with van der Waals surface area (Å²) in [6.45, 7) is 3.92. The molecular weight excluding hydrogens is 388 g/mol. The fourth-order valence-electron chi connectivity index (χ4n) is 3.61. The van der Waals surface area contributed by atoms with E-state index in [9.17, 15) is 9.59 Å². The van der Waals surface area contributed by atoms with Gasteiger partial charge in [0.25, 0.3) is 5.91 Å². The fourth-order valence-corrected chi connectivity index (χ4v) is 3.61. The molecule has 3 aromatic rings. The number of hydrogen-bond acceptors (Lipinski definition) is 3. The lowest BCUT2D eigenvalue weighted by atomic mass is 10.0. The summed E-state index contributed by atoms with van der Waals surface area (Å²) < 4.78 is 0. The third-order valence-corrected chi connectivity index (χ3v) is 5.51. The number of nitrogens with one attached hydrogen (secondary N) is 2. The maximum atomic E-state index is 13.2. The first-order valence-electron chi connectivity index (χ1n) is 10.1. The third-order valence-electron chi connectivity index (χ3n) is 5.51. The molecule has 0 bridgehead atoms. The van der Waals surface area contributed by atoms with Crippen molar-refractivity contribution in [2.75, 3.05) is 17.3 Å². The van der Waals surface area contributed by atoms with Crippen LogP contribution < -0.4 is 15.5 Å². The number of nitrogens with zero attached hydrogens (tertiary/aromatic N) is 2. The second-order valence-corrected chi connectivity index (χ2v) is 7.51. The fraction of sp³-hybridized carbons (Fsp3) is 0.160. The first-order chi connectivity index (χ1) is 15.0. The predicted octanol–water partition coefficient (Wildman–Crippen LogP) is 4.27. The number of urea groups is 1. The zero-order chi connectivity index (χ0) is 22.0. The summed E-state index contributed by atoms with van der Waals surface area (Å²) in [5, 5.41) is 5.58. The Bertz CT molecular complexity index is 1170. The largest absolute Gasteiger partial charge is 0.321 e. The number of likely N-dealkylation sites (N-methyl/N-ethyl adjacent to an activating group) is 1. The van der Waals surface area contributed by atoms with Crippen LogP contribution in [0.3, 0.4) is 0 Å². The van der Waals surface area contributed by atoms with Gasteiger partial charge in [-0.25, -0.2) is 9.79 Å². The Balaban J connectivity index is 1.69. The van der Waals surface area contributed by atoms with Crippen molar-refractivity contribution in [2.45, 2.75) is 20.0 Å². The summed E-state index contributed by atoms with van der Waals surface area (Å²) in [7, 11) is 1.70. The number of aryl methyl sites for hydroxylation is 1. The molecule has 0 aromatic heterocycles. The molecule has 0 aliphatic carbocycles. The highest BCUT2D eigenvalue weighted by molar-refractivity contribution is 6.20. The standard InChI is InChI=1S/C25H24N4O2/c1-16-10-9-14-20(17(16)2)26-25(31)28-23-24(30)29(3)21-15-8-7-13-19(21)22(27-23)18-11-5-4-6-12-18/h4-15,23H,1-3H3,(H2,26,28,31)/t23-/m1/s1. The molecule has 1 atom stereocenters. The van der Waals surface area contributed by atoms with Gasteiger partial charge in [0.05, 0.1) is 11.4 Å². The Hall–Kier alpha value is -3.93. The minimum atomic E-state index is -1.06. The maximum Gasteiger partial charge on any atom is 0.321 e. The van der Waals surface area contributed by atoms with E-state index in [1.807, 2.05) is 86.6 Å². The first kappa shape index (κ1) is 20.3. The molecule has 3 amide bonds. The zero-order valence-corrected chi connectivity index (χ0v) is 17.7. The van der Waals surface area contributed by atoms with Gasteiger partial charge in [0.1, 0.15) is 0 Å². The summed E-state index contributed by atoms with van der Waals surface area (Å²) in [5.41, 5.74) is 5.86. The van der Waals surface area contributed by atoms with Crippen LogP contribution >= 0.6 is 0 Å². The van der Waals surface area contributed by atoms with E-state index < -0.39 is 12.2 Å². The minimum absolute atomic E-state index is 0.311. The SMILES string of the molecule is Cc1cccc(NC(=O)N[C@H]2N=C(c3ccccc3)c3ccccc3N(C)C2=O)c1C. The van der Waals surface area contributed by atoms with Gasteiger partial charge < -0.3 is 15.5 Å². The van der Waals surface area contributed by atoms with Crippen molar-refractivity contribution < 1.29 is 9.59 Å². The Morgan fingerprint density at radius 3 is 2.42 bits per heavy atom. The Morgan fingerprint density at radius 2 is 1.65 bits per heavy atom. The quantitative estimate of drug-likeness (QED) is 0.674. The molecule has 0 saturated carbocycles. The molecule has 6 nitrogen and oxygen atoms in total. The molecule has 6 heteroatoms. The van der Waals surface area contributed by atoms with Gasteiger partial charge in [-0.2, -0.15) is 0 Å². The lowest BCUT2D eigenvalue weighted by Crippen LogP contribution is -2.47. The van der Waals surface area contributed by atoms with Crippen molar-refractivity contribution in [3.63, 3.8) is 0 Å². The van der Waals surface area contributed by atoms with Crippen molar-refractivity contribution in [3.8, 4) is 0 Å². The van der Waals surface area contributed by atoms with E-state index in [2.05, 4.69) is 10.6 Å². The van der Waals surface area contributed by atoms with Crippen LogP contribution in [-0.2, 0) is 4.79 Å². The van der Waals surface area contributed by atoms with Gasteiger partial charge in [-0.1, -0.05) is 60.7 Å².